The van der Waals surface area contributed by atoms with Crippen LogP contribution in [0.1, 0.15) is 0 Å². The lowest BCUT2D eigenvalue weighted by atomic mass is 9.83. The number of fused-ring (bicyclic) bond motifs is 7. The molecule has 0 aliphatic carbocycles. The van der Waals surface area contributed by atoms with Gasteiger partial charge in [-0.05, 0) is 110 Å². The maximum atomic E-state index is 2.38. The SMILES string of the molecule is c1ccc2cc(-c3c4ccccc4c(-c4ccc(-c5cc6ccccc6c6ccccc56)c5ccccc45)c4ccccc34)ccc2c1. The highest BCUT2D eigenvalue weighted by Crippen LogP contribution is 2.47. The first-order valence-electron chi connectivity index (χ1n) is 16.7. The minimum atomic E-state index is 1.25. The highest BCUT2D eigenvalue weighted by Gasteiger charge is 2.20. The van der Waals surface area contributed by atoms with E-state index < -0.39 is 0 Å². The third kappa shape index (κ3) is 4.03. The second kappa shape index (κ2) is 10.7. The third-order valence-electron chi connectivity index (χ3n) is 10.2. The van der Waals surface area contributed by atoms with Crippen LogP contribution in [0.15, 0.2) is 182 Å². The van der Waals surface area contributed by atoms with E-state index in [9.17, 15) is 0 Å². The van der Waals surface area contributed by atoms with Crippen molar-refractivity contribution in [3.63, 3.8) is 0 Å². The minimum Gasteiger partial charge on any atom is -0.0616 e. The number of hydrogen-bond donors (Lipinski definition) is 0. The average Bonchev–Trinajstić information content (AvgIpc) is 3.16. The van der Waals surface area contributed by atoms with Crippen molar-refractivity contribution in [1.29, 1.82) is 0 Å². The molecule has 0 N–H and O–H groups in total. The molecule has 0 bridgehead atoms. The Kier molecular flexibility index (Phi) is 5.98. The molecular formula is C48H30. The Morgan fingerprint density at radius 3 is 1.29 bits per heavy atom. The van der Waals surface area contributed by atoms with E-state index in [4.69, 9.17) is 0 Å². The van der Waals surface area contributed by atoms with Gasteiger partial charge in [0.25, 0.3) is 0 Å². The van der Waals surface area contributed by atoms with E-state index in [2.05, 4.69) is 182 Å². The summed E-state index contributed by atoms with van der Waals surface area (Å²) in [6.07, 6.45) is 0. The Hall–Kier alpha value is -6.24. The summed E-state index contributed by atoms with van der Waals surface area (Å²) in [6, 6.07) is 67.1. The van der Waals surface area contributed by atoms with Crippen molar-refractivity contribution in [1.82, 2.24) is 0 Å². The van der Waals surface area contributed by atoms with Crippen LogP contribution >= 0.6 is 0 Å². The van der Waals surface area contributed by atoms with Gasteiger partial charge in [0.05, 0.1) is 0 Å². The topological polar surface area (TPSA) is 0 Å². The second-order valence-electron chi connectivity index (χ2n) is 12.8. The maximum absolute atomic E-state index is 2.38. The van der Waals surface area contributed by atoms with Crippen molar-refractivity contribution in [2.24, 2.45) is 0 Å². The lowest BCUT2D eigenvalue weighted by Gasteiger charge is -2.20. The van der Waals surface area contributed by atoms with Gasteiger partial charge in [0.1, 0.15) is 0 Å². The summed E-state index contributed by atoms with van der Waals surface area (Å²) in [4.78, 5) is 0. The summed E-state index contributed by atoms with van der Waals surface area (Å²) < 4.78 is 0. The zero-order valence-corrected chi connectivity index (χ0v) is 26.3. The fourth-order valence-corrected chi connectivity index (χ4v) is 8.10. The molecule has 0 nitrogen and oxygen atoms in total. The van der Waals surface area contributed by atoms with Crippen LogP contribution in [-0.2, 0) is 0 Å². The Morgan fingerprint density at radius 2 is 0.646 bits per heavy atom. The predicted molar refractivity (Wildman–Crippen MR) is 208 cm³/mol. The average molecular weight is 607 g/mol. The van der Waals surface area contributed by atoms with Gasteiger partial charge >= 0.3 is 0 Å². The van der Waals surface area contributed by atoms with Gasteiger partial charge in [0.15, 0.2) is 0 Å². The van der Waals surface area contributed by atoms with Gasteiger partial charge in [0.2, 0.25) is 0 Å². The Balaban J connectivity index is 1.28. The zero-order valence-electron chi connectivity index (χ0n) is 26.3. The van der Waals surface area contributed by atoms with Gasteiger partial charge in [-0.2, -0.15) is 0 Å². The van der Waals surface area contributed by atoms with Gasteiger partial charge < -0.3 is 0 Å². The molecule has 0 saturated carbocycles. The molecule has 48 heavy (non-hydrogen) atoms. The summed E-state index contributed by atoms with van der Waals surface area (Å²) in [7, 11) is 0. The highest BCUT2D eigenvalue weighted by atomic mass is 14.2. The first-order chi connectivity index (χ1) is 23.8. The van der Waals surface area contributed by atoms with E-state index >= 15 is 0 Å². The summed E-state index contributed by atoms with van der Waals surface area (Å²) in [6.45, 7) is 0. The lowest BCUT2D eigenvalue weighted by molar-refractivity contribution is 1.67. The molecule has 0 aromatic heterocycles. The lowest BCUT2D eigenvalue weighted by Crippen LogP contribution is -1.93. The molecule has 222 valence electrons. The van der Waals surface area contributed by atoms with Crippen molar-refractivity contribution in [3.05, 3.63) is 182 Å². The fourth-order valence-electron chi connectivity index (χ4n) is 8.10. The molecule has 0 unspecified atom stereocenters. The summed E-state index contributed by atoms with van der Waals surface area (Å²) in [5, 5.41) is 15.3. The van der Waals surface area contributed by atoms with E-state index in [1.54, 1.807) is 0 Å². The van der Waals surface area contributed by atoms with E-state index in [-0.39, 0.29) is 0 Å². The fraction of sp³-hybridized carbons (Fsp3) is 0. The molecule has 0 radical (unpaired) electrons. The van der Waals surface area contributed by atoms with Crippen LogP contribution in [0.4, 0.5) is 0 Å². The quantitative estimate of drug-likeness (QED) is 0.139. The minimum absolute atomic E-state index is 1.25. The van der Waals surface area contributed by atoms with Crippen molar-refractivity contribution < 1.29 is 0 Å². The Bertz CT molecular complexity index is 2830. The molecule has 0 fully saturated rings. The third-order valence-corrected chi connectivity index (χ3v) is 10.2. The van der Waals surface area contributed by atoms with E-state index in [0.717, 1.165) is 0 Å². The maximum Gasteiger partial charge on any atom is -0.00201 e. The van der Waals surface area contributed by atoms with Crippen LogP contribution in [0.25, 0.3) is 98.0 Å². The Labute approximate surface area is 279 Å². The van der Waals surface area contributed by atoms with Crippen LogP contribution in [0.2, 0.25) is 0 Å². The van der Waals surface area contributed by atoms with Crippen molar-refractivity contribution >= 4 is 64.6 Å². The van der Waals surface area contributed by atoms with Gasteiger partial charge in [-0.15, -0.1) is 0 Å². The summed E-state index contributed by atoms with van der Waals surface area (Å²) >= 11 is 0. The second-order valence-corrected chi connectivity index (χ2v) is 12.8. The molecule has 0 aliphatic rings. The molecular weight excluding hydrogens is 577 g/mol. The molecule has 10 aromatic rings. The van der Waals surface area contributed by atoms with Crippen molar-refractivity contribution in [2.45, 2.75) is 0 Å². The standard InChI is InChI=1S/C48H30/c1-2-14-32-29-34(26-25-31(32)13-1)47-41-21-9-11-23-43(41)48(44-24-12-10-22-42(44)47)45-28-27-40(37-18-6-7-19-38(37)45)46-30-33-15-3-4-16-35(33)36-17-5-8-20-39(36)46/h1-30H. The van der Waals surface area contributed by atoms with Gasteiger partial charge in [-0.3, -0.25) is 0 Å². The summed E-state index contributed by atoms with van der Waals surface area (Å²) in [5.41, 5.74) is 7.62. The molecule has 0 amide bonds. The monoisotopic (exact) mass is 606 g/mol. The number of hydrogen-bond acceptors (Lipinski definition) is 0. The summed E-state index contributed by atoms with van der Waals surface area (Å²) in [5.74, 6) is 0. The Morgan fingerprint density at radius 1 is 0.208 bits per heavy atom. The van der Waals surface area contributed by atoms with Crippen molar-refractivity contribution in [2.75, 3.05) is 0 Å². The van der Waals surface area contributed by atoms with Crippen LogP contribution in [0, 0.1) is 0 Å². The molecule has 0 heteroatoms. The van der Waals surface area contributed by atoms with Crippen LogP contribution in [0.5, 0.6) is 0 Å². The number of benzene rings is 10. The van der Waals surface area contributed by atoms with Gasteiger partial charge in [-0.1, -0.05) is 170 Å². The van der Waals surface area contributed by atoms with E-state index in [0.29, 0.717) is 0 Å². The molecule has 0 atom stereocenters. The molecule has 0 aliphatic heterocycles. The van der Waals surface area contributed by atoms with Crippen LogP contribution in [0.3, 0.4) is 0 Å². The molecule has 10 rings (SSSR count). The zero-order chi connectivity index (χ0) is 31.6. The molecule has 0 heterocycles. The van der Waals surface area contributed by atoms with E-state index in [1.807, 2.05) is 0 Å². The van der Waals surface area contributed by atoms with Crippen molar-refractivity contribution in [3.8, 4) is 33.4 Å². The van der Waals surface area contributed by atoms with E-state index in [1.165, 1.54) is 98.0 Å². The number of rotatable bonds is 3. The molecule has 0 saturated heterocycles. The highest BCUT2D eigenvalue weighted by molar-refractivity contribution is 6.25. The van der Waals surface area contributed by atoms with Crippen LogP contribution in [-0.4, -0.2) is 0 Å². The largest absolute Gasteiger partial charge is 0.0616 e. The van der Waals surface area contributed by atoms with Crippen LogP contribution < -0.4 is 0 Å². The smallest absolute Gasteiger partial charge is 0.00201 e. The van der Waals surface area contributed by atoms with Gasteiger partial charge in [0, 0.05) is 0 Å². The molecule has 10 aromatic carbocycles. The predicted octanol–water partition coefficient (Wildman–Crippen LogP) is 13.6. The first-order valence-corrected chi connectivity index (χ1v) is 16.7. The first kappa shape index (κ1) is 26.9. The normalized spacial score (nSPS) is 11.8. The van der Waals surface area contributed by atoms with Gasteiger partial charge in [-0.25, -0.2) is 0 Å². The molecule has 0 spiro atoms.